The van der Waals surface area contributed by atoms with Gasteiger partial charge in [0.1, 0.15) is 5.69 Å². The second-order valence-corrected chi connectivity index (χ2v) is 4.45. The van der Waals surface area contributed by atoms with Crippen molar-refractivity contribution in [2.75, 3.05) is 0 Å². The number of H-pyrrole nitrogens is 1. The van der Waals surface area contributed by atoms with Crippen LogP contribution in [0.2, 0.25) is 0 Å². The highest BCUT2D eigenvalue weighted by Gasteiger charge is 2.09. The van der Waals surface area contributed by atoms with Gasteiger partial charge in [-0.05, 0) is 17.2 Å². The zero-order chi connectivity index (χ0) is 15.2. The summed E-state index contributed by atoms with van der Waals surface area (Å²) in [6.07, 6.45) is -0.103. The van der Waals surface area contributed by atoms with Crippen LogP contribution in [0, 0.1) is 0 Å². The molecule has 0 unspecified atom stereocenters. The third-order valence-corrected chi connectivity index (χ3v) is 2.91. The number of aromatic amines is 1. The molecule has 0 bridgehead atoms. The maximum atomic E-state index is 11.9. The minimum atomic E-state index is -0.929. The predicted octanol–water partition coefficient (Wildman–Crippen LogP) is 0.932. The first-order valence-corrected chi connectivity index (χ1v) is 6.32. The topological polar surface area (TPSA) is 99.3 Å². The Morgan fingerprint density at radius 1 is 1.05 bits per heavy atom. The molecular formula is C15H14N2O4. The molecule has 0 radical (unpaired) electrons. The largest absolute Gasteiger partial charge is 0.481 e. The van der Waals surface area contributed by atoms with Crippen LogP contribution in [-0.2, 0) is 17.8 Å². The third-order valence-electron chi connectivity index (χ3n) is 2.91. The van der Waals surface area contributed by atoms with Crippen LogP contribution in [0.1, 0.15) is 21.6 Å². The van der Waals surface area contributed by atoms with E-state index in [0.29, 0.717) is 5.56 Å². The Bertz CT molecular complexity index is 721. The second kappa shape index (κ2) is 6.51. The van der Waals surface area contributed by atoms with Gasteiger partial charge in [0, 0.05) is 12.6 Å². The molecule has 108 valence electrons. The van der Waals surface area contributed by atoms with Gasteiger partial charge in [-0.1, -0.05) is 30.3 Å². The summed E-state index contributed by atoms with van der Waals surface area (Å²) in [4.78, 5) is 36.3. The molecule has 1 amide bonds. The number of amides is 1. The number of nitrogens with one attached hydrogen (secondary N) is 2. The van der Waals surface area contributed by atoms with Crippen LogP contribution in [-0.4, -0.2) is 22.0 Å². The van der Waals surface area contributed by atoms with Crippen LogP contribution in [0.4, 0.5) is 0 Å². The van der Waals surface area contributed by atoms with Crippen molar-refractivity contribution in [1.82, 2.24) is 10.3 Å². The van der Waals surface area contributed by atoms with E-state index in [1.54, 1.807) is 24.3 Å². The summed E-state index contributed by atoms with van der Waals surface area (Å²) >= 11 is 0. The number of carbonyl (C=O) groups excluding carboxylic acids is 1. The molecule has 0 aliphatic heterocycles. The van der Waals surface area contributed by atoms with E-state index in [9.17, 15) is 14.4 Å². The second-order valence-electron chi connectivity index (χ2n) is 4.45. The molecule has 0 saturated carbocycles. The van der Waals surface area contributed by atoms with E-state index < -0.39 is 11.9 Å². The third kappa shape index (κ3) is 4.04. The highest BCUT2D eigenvalue weighted by molar-refractivity contribution is 5.92. The Labute approximate surface area is 120 Å². The summed E-state index contributed by atoms with van der Waals surface area (Å²) in [7, 11) is 0. The van der Waals surface area contributed by atoms with Gasteiger partial charge in [-0.2, -0.15) is 0 Å². The van der Waals surface area contributed by atoms with Crippen LogP contribution in [0.25, 0.3) is 0 Å². The first-order valence-electron chi connectivity index (χ1n) is 6.32. The number of hydrogen-bond donors (Lipinski definition) is 3. The van der Waals surface area contributed by atoms with E-state index in [1.807, 2.05) is 0 Å². The molecule has 2 rings (SSSR count). The van der Waals surface area contributed by atoms with Gasteiger partial charge in [0.25, 0.3) is 5.91 Å². The van der Waals surface area contributed by atoms with E-state index in [-0.39, 0.29) is 24.2 Å². The normalized spacial score (nSPS) is 10.1. The molecule has 6 nitrogen and oxygen atoms in total. The molecular weight excluding hydrogens is 272 g/mol. The van der Waals surface area contributed by atoms with Gasteiger partial charge in [0.05, 0.1) is 6.42 Å². The van der Waals surface area contributed by atoms with Crippen molar-refractivity contribution >= 4 is 11.9 Å². The van der Waals surface area contributed by atoms with Crippen molar-refractivity contribution in [3.05, 3.63) is 69.6 Å². The average Bonchev–Trinajstić information content (AvgIpc) is 2.45. The molecule has 21 heavy (non-hydrogen) atoms. The number of aliphatic carboxylic acids is 1. The summed E-state index contributed by atoms with van der Waals surface area (Å²) < 4.78 is 0. The number of carboxylic acids is 1. The van der Waals surface area contributed by atoms with Crippen molar-refractivity contribution in [1.29, 1.82) is 0 Å². The van der Waals surface area contributed by atoms with Crippen molar-refractivity contribution in [2.45, 2.75) is 13.0 Å². The monoisotopic (exact) mass is 286 g/mol. The van der Waals surface area contributed by atoms with Crippen LogP contribution >= 0.6 is 0 Å². The number of pyridine rings is 1. The Morgan fingerprint density at radius 2 is 1.76 bits per heavy atom. The van der Waals surface area contributed by atoms with Crippen LogP contribution < -0.4 is 10.9 Å². The maximum absolute atomic E-state index is 11.9. The van der Waals surface area contributed by atoms with Crippen LogP contribution in [0.5, 0.6) is 0 Å². The number of rotatable bonds is 5. The summed E-state index contributed by atoms with van der Waals surface area (Å²) in [5, 5.41) is 11.5. The Morgan fingerprint density at radius 3 is 2.43 bits per heavy atom. The fraction of sp³-hybridized carbons (Fsp3) is 0.133. The highest BCUT2D eigenvalue weighted by atomic mass is 16.4. The fourth-order valence-corrected chi connectivity index (χ4v) is 1.92. The van der Waals surface area contributed by atoms with E-state index in [1.165, 1.54) is 18.2 Å². The van der Waals surface area contributed by atoms with Crippen molar-refractivity contribution in [2.24, 2.45) is 0 Å². The van der Waals surface area contributed by atoms with E-state index in [4.69, 9.17) is 5.11 Å². The molecule has 1 aromatic heterocycles. The molecule has 0 atom stereocenters. The smallest absolute Gasteiger partial charge is 0.307 e. The van der Waals surface area contributed by atoms with Gasteiger partial charge in [-0.25, -0.2) is 0 Å². The fourth-order valence-electron chi connectivity index (χ4n) is 1.92. The highest BCUT2D eigenvalue weighted by Crippen LogP contribution is 2.09. The lowest BCUT2D eigenvalue weighted by molar-refractivity contribution is -0.136. The lowest BCUT2D eigenvalue weighted by Gasteiger charge is -2.09. The summed E-state index contributed by atoms with van der Waals surface area (Å²) in [5.41, 5.74) is 1.19. The lowest BCUT2D eigenvalue weighted by Crippen LogP contribution is -2.26. The maximum Gasteiger partial charge on any atom is 0.307 e. The zero-order valence-corrected chi connectivity index (χ0v) is 11.1. The minimum absolute atomic E-state index is 0.103. The van der Waals surface area contributed by atoms with Gasteiger partial charge < -0.3 is 15.4 Å². The number of hydrogen-bond acceptors (Lipinski definition) is 3. The molecule has 0 aliphatic rings. The molecule has 0 spiro atoms. The van der Waals surface area contributed by atoms with Crippen molar-refractivity contribution in [3.8, 4) is 0 Å². The van der Waals surface area contributed by atoms with Crippen LogP contribution in [0.15, 0.2) is 47.3 Å². The minimum Gasteiger partial charge on any atom is -0.481 e. The molecule has 0 aliphatic carbocycles. The molecule has 0 fully saturated rings. The van der Waals surface area contributed by atoms with Gasteiger partial charge >= 0.3 is 5.97 Å². The number of carbonyl (C=O) groups is 2. The van der Waals surface area contributed by atoms with E-state index in [0.717, 1.165) is 5.56 Å². The van der Waals surface area contributed by atoms with Crippen molar-refractivity contribution < 1.29 is 14.7 Å². The predicted molar refractivity (Wildman–Crippen MR) is 76.0 cm³/mol. The van der Waals surface area contributed by atoms with Gasteiger partial charge in [0.15, 0.2) is 0 Å². The number of aromatic nitrogens is 1. The zero-order valence-electron chi connectivity index (χ0n) is 11.1. The van der Waals surface area contributed by atoms with Gasteiger partial charge in [-0.3, -0.25) is 14.4 Å². The molecule has 3 N–H and O–H groups in total. The van der Waals surface area contributed by atoms with E-state index >= 15 is 0 Å². The van der Waals surface area contributed by atoms with Gasteiger partial charge in [-0.15, -0.1) is 0 Å². The standard InChI is InChI=1S/C15H14N2O4/c18-13-7-3-6-12(17-13)15(21)16-9-11-5-2-1-4-10(11)8-14(19)20/h1-7H,8-9H2,(H,16,21)(H,17,18)(H,19,20). The summed E-state index contributed by atoms with van der Waals surface area (Å²) in [6.45, 7) is 0.194. The first-order chi connectivity index (χ1) is 10.1. The van der Waals surface area contributed by atoms with Gasteiger partial charge in [0.2, 0.25) is 5.56 Å². The Kier molecular flexibility index (Phi) is 4.50. The summed E-state index contributed by atoms with van der Waals surface area (Å²) in [6, 6.07) is 11.3. The Hall–Kier alpha value is -2.89. The molecule has 1 aromatic carbocycles. The lowest BCUT2D eigenvalue weighted by atomic mass is 10.0. The molecule has 2 aromatic rings. The first kappa shape index (κ1) is 14.5. The van der Waals surface area contributed by atoms with Crippen LogP contribution in [0.3, 0.4) is 0 Å². The average molecular weight is 286 g/mol. The number of carboxylic acid groups (broad SMARTS) is 1. The molecule has 0 saturated heterocycles. The molecule has 1 heterocycles. The SMILES string of the molecule is O=C(O)Cc1ccccc1CNC(=O)c1cccc(=O)[nH]1. The molecule has 6 heteroatoms. The number of benzene rings is 1. The quantitative estimate of drug-likeness (QED) is 0.761. The summed E-state index contributed by atoms with van der Waals surface area (Å²) in [5.74, 6) is -1.35. The van der Waals surface area contributed by atoms with Crippen molar-refractivity contribution in [3.63, 3.8) is 0 Å². The Balaban J connectivity index is 2.08. The van der Waals surface area contributed by atoms with E-state index in [2.05, 4.69) is 10.3 Å².